The van der Waals surface area contributed by atoms with Crippen molar-refractivity contribution in [3.8, 4) is 0 Å². The molecule has 0 N–H and O–H groups in total. The number of hydrogen-bond acceptors (Lipinski definition) is 5. The molecule has 0 aromatic heterocycles. The summed E-state index contributed by atoms with van der Waals surface area (Å²) in [5.41, 5.74) is 0. The third-order valence-electron chi connectivity index (χ3n) is 1.44. The average molecular weight is 202 g/mol. The standard InChI is InChI=1S/C9H14O5/c1-3-4-8(11)14-9(12)6-5-7(10)13-2/h3-6H2,1-2H3. The van der Waals surface area contributed by atoms with E-state index in [-0.39, 0.29) is 19.3 Å². The summed E-state index contributed by atoms with van der Waals surface area (Å²) in [5.74, 6) is -1.74. The van der Waals surface area contributed by atoms with E-state index in [2.05, 4.69) is 9.47 Å². The topological polar surface area (TPSA) is 69.7 Å². The Morgan fingerprint density at radius 2 is 1.43 bits per heavy atom. The summed E-state index contributed by atoms with van der Waals surface area (Å²) in [6.45, 7) is 1.81. The Morgan fingerprint density at radius 1 is 0.929 bits per heavy atom. The van der Waals surface area contributed by atoms with E-state index >= 15 is 0 Å². The lowest BCUT2D eigenvalue weighted by Gasteiger charge is -2.00. The van der Waals surface area contributed by atoms with Crippen molar-refractivity contribution >= 4 is 17.9 Å². The van der Waals surface area contributed by atoms with Crippen LogP contribution in [-0.4, -0.2) is 25.0 Å². The zero-order valence-electron chi connectivity index (χ0n) is 8.37. The molecule has 0 fully saturated rings. The summed E-state index contributed by atoms with van der Waals surface area (Å²) < 4.78 is 8.72. The molecule has 0 aliphatic heterocycles. The summed E-state index contributed by atoms with van der Waals surface area (Å²) in [6.07, 6.45) is 0.657. The van der Waals surface area contributed by atoms with Gasteiger partial charge in [-0.15, -0.1) is 0 Å². The van der Waals surface area contributed by atoms with E-state index in [1.54, 1.807) is 6.92 Å². The molecule has 0 atom stereocenters. The smallest absolute Gasteiger partial charge is 0.314 e. The van der Waals surface area contributed by atoms with E-state index in [4.69, 9.17) is 0 Å². The first-order valence-corrected chi connectivity index (χ1v) is 4.40. The van der Waals surface area contributed by atoms with Gasteiger partial charge in [-0.3, -0.25) is 14.4 Å². The van der Waals surface area contributed by atoms with Crippen molar-refractivity contribution < 1.29 is 23.9 Å². The first-order valence-electron chi connectivity index (χ1n) is 4.40. The Balaban J connectivity index is 3.65. The second kappa shape index (κ2) is 7.06. The van der Waals surface area contributed by atoms with Gasteiger partial charge < -0.3 is 9.47 Å². The largest absolute Gasteiger partial charge is 0.469 e. The highest BCUT2D eigenvalue weighted by atomic mass is 16.6. The van der Waals surface area contributed by atoms with Crippen LogP contribution in [0.3, 0.4) is 0 Å². The number of carbonyl (C=O) groups excluding carboxylic acids is 3. The third kappa shape index (κ3) is 6.16. The second-order valence-corrected chi connectivity index (χ2v) is 2.67. The van der Waals surface area contributed by atoms with Gasteiger partial charge in [0.2, 0.25) is 0 Å². The summed E-state index contributed by atoms with van der Waals surface area (Å²) >= 11 is 0. The van der Waals surface area contributed by atoms with Gasteiger partial charge in [0.05, 0.1) is 20.0 Å². The average Bonchev–Trinajstić information content (AvgIpc) is 2.14. The molecular weight excluding hydrogens is 188 g/mol. The number of esters is 3. The van der Waals surface area contributed by atoms with Crippen LogP contribution in [0, 0.1) is 0 Å². The van der Waals surface area contributed by atoms with Crippen molar-refractivity contribution in [2.45, 2.75) is 32.6 Å². The Morgan fingerprint density at radius 3 is 1.93 bits per heavy atom. The molecule has 80 valence electrons. The quantitative estimate of drug-likeness (QED) is 0.487. The number of hydrogen-bond donors (Lipinski definition) is 0. The SMILES string of the molecule is CCCC(=O)OC(=O)CCC(=O)OC. The van der Waals surface area contributed by atoms with Gasteiger partial charge in [0, 0.05) is 6.42 Å². The van der Waals surface area contributed by atoms with Crippen LogP contribution in [0.1, 0.15) is 32.6 Å². The van der Waals surface area contributed by atoms with Gasteiger partial charge in [-0.2, -0.15) is 0 Å². The molecule has 0 amide bonds. The molecule has 0 saturated carbocycles. The number of ether oxygens (including phenoxy) is 2. The molecule has 0 spiro atoms. The Kier molecular flexibility index (Phi) is 6.36. The molecule has 0 aromatic carbocycles. The van der Waals surface area contributed by atoms with Crippen molar-refractivity contribution in [3.05, 3.63) is 0 Å². The highest BCUT2D eigenvalue weighted by molar-refractivity contribution is 5.87. The highest BCUT2D eigenvalue weighted by Crippen LogP contribution is 1.98. The van der Waals surface area contributed by atoms with Gasteiger partial charge in [-0.1, -0.05) is 6.92 Å². The van der Waals surface area contributed by atoms with Gasteiger partial charge in [-0.25, -0.2) is 0 Å². The van der Waals surface area contributed by atoms with Crippen LogP contribution in [0.5, 0.6) is 0 Å². The maximum Gasteiger partial charge on any atom is 0.314 e. The summed E-state index contributed by atoms with van der Waals surface area (Å²) in [5, 5.41) is 0. The fourth-order valence-corrected chi connectivity index (χ4v) is 0.739. The Labute approximate surface area is 82.4 Å². The zero-order valence-corrected chi connectivity index (χ0v) is 8.37. The minimum absolute atomic E-state index is 0.0608. The second-order valence-electron chi connectivity index (χ2n) is 2.67. The fourth-order valence-electron chi connectivity index (χ4n) is 0.739. The Bertz CT molecular complexity index is 221. The first kappa shape index (κ1) is 12.6. The summed E-state index contributed by atoms with van der Waals surface area (Å²) in [4.78, 5) is 32.3. The molecule has 0 aromatic rings. The maximum absolute atomic E-state index is 10.9. The van der Waals surface area contributed by atoms with Crippen molar-refractivity contribution in [1.29, 1.82) is 0 Å². The highest BCUT2D eigenvalue weighted by Gasteiger charge is 2.11. The van der Waals surface area contributed by atoms with E-state index < -0.39 is 17.9 Å². The molecule has 0 rings (SSSR count). The van der Waals surface area contributed by atoms with Gasteiger partial charge in [0.1, 0.15) is 0 Å². The lowest BCUT2D eigenvalue weighted by molar-refractivity contribution is -0.161. The molecule has 0 bridgehead atoms. The van der Waals surface area contributed by atoms with Crippen molar-refractivity contribution in [2.75, 3.05) is 7.11 Å². The number of methoxy groups -OCH3 is 1. The molecule has 0 saturated heterocycles. The summed E-state index contributed by atoms with van der Waals surface area (Å²) in [6, 6.07) is 0. The van der Waals surface area contributed by atoms with E-state index in [0.717, 1.165) is 0 Å². The molecule has 0 radical (unpaired) electrons. The zero-order chi connectivity index (χ0) is 11.0. The molecule has 5 heteroatoms. The predicted octanol–water partition coefficient (Wildman–Crippen LogP) is 0.809. The Hall–Kier alpha value is -1.39. The van der Waals surface area contributed by atoms with Crippen LogP contribution in [0.15, 0.2) is 0 Å². The molecule has 0 unspecified atom stereocenters. The van der Waals surface area contributed by atoms with Gasteiger partial charge >= 0.3 is 17.9 Å². The normalized spacial score (nSPS) is 9.29. The van der Waals surface area contributed by atoms with Crippen molar-refractivity contribution in [1.82, 2.24) is 0 Å². The molecule has 0 aliphatic carbocycles. The summed E-state index contributed by atoms with van der Waals surface area (Å²) in [7, 11) is 1.23. The molecule has 14 heavy (non-hydrogen) atoms. The molecule has 0 aliphatic rings. The fraction of sp³-hybridized carbons (Fsp3) is 0.667. The predicted molar refractivity (Wildman–Crippen MR) is 47.3 cm³/mol. The van der Waals surface area contributed by atoms with Gasteiger partial charge in [0.15, 0.2) is 0 Å². The minimum Gasteiger partial charge on any atom is -0.469 e. The van der Waals surface area contributed by atoms with E-state index in [9.17, 15) is 14.4 Å². The van der Waals surface area contributed by atoms with E-state index in [1.165, 1.54) is 7.11 Å². The minimum atomic E-state index is -0.686. The maximum atomic E-state index is 10.9. The van der Waals surface area contributed by atoms with Crippen LogP contribution >= 0.6 is 0 Å². The third-order valence-corrected chi connectivity index (χ3v) is 1.44. The van der Waals surface area contributed by atoms with Gasteiger partial charge in [0.25, 0.3) is 0 Å². The van der Waals surface area contributed by atoms with Gasteiger partial charge in [-0.05, 0) is 6.42 Å². The lowest BCUT2D eigenvalue weighted by Crippen LogP contribution is -2.13. The van der Waals surface area contributed by atoms with Crippen LogP contribution in [0.2, 0.25) is 0 Å². The van der Waals surface area contributed by atoms with Crippen LogP contribution in [-0.2, 0) is 23.9 Å². The monoisotopic (exact) mass is 202 g/mol. The molecule has 5 nitrogen and oxygen atoms in total. The number of rotatable bonds is 5. The van der Waals surface area contributed by atoms with E-state index in [1.807, 2.05) is 0 Å². The lowest BCUT2D eigenvalue weighted by atomic mass is 10.3. The van der Waals surface area contributed by atoms with Crippen molar-refractivity contribution in [3.63, 3.8) is 0 Å². The van der Waals surface area contributed by atoms with Crippen LogP contribution in [0.4, 0.5) is 0 Å². The number of carbonyl (C=O) groups is 3. The molecule has 0 heterocycles. The van der Waals surface area contributed by atoms with Crippen molar-refractivity contribution in [2.24, 2.45) is 0 Å². The van der Waals surface area contributed by atoms with Crippen LogP contribution in [0.25, 0.3) is 0 Å². The first-order chi connectivity index (χ1) is 6.60. The van der Waals surface area contributed by atoms with E-state index in [0.29, 0.717) is 6.42 Å². The van der Waals surface area contributed by atoms with Crippen LogP contribution < -0.4 is 0 Å². The molecular formula is C9H14O5.